The van der Waals surface area contributed by atoms with Crippen LogP contribution in [0.4, 0.5) is 5.69 Å². The van der Waals surface area contributed by atoms with Gasteiger partial charge in [0.05, 0.1) is 12.0 Å². The van der Waals surface area contributed by atoms with Gasteiger partial charge in [0.25, 0.3) is 0 Å². The molecule has 1 aromatic rings. The molecule has 0 radical (unpaired) electrons. The number of carbonyl (C=O) groups excluding carboxylic acids is 1. The van der Waals surface area contributed by atoms with E-state index in [1.54, 1.807) is 0 Å². The van der Waals surface area contributed by atoms with Crippen molar-refractivity contribution in [2.75, 3.05) is 13.1 Å². The number of likely N-dealkylation sites (tertiary alicyclic amines) is 1. The number of carbonyl (C=O) groups is 1. The van der Waals surface area contributed by atoms with Gasteiger partial charge in [0.15, 0.2) is 5.78 Å². The molecule has 0 atom stereocenters. The van der Waals surface area contributed by atoms with Crippen LogP contribution in [0, 0.1) is 19.8 Å². The molecule has 1 saturated carbocycles. The molecule has 1 saturated heterocycles. The third-order valence-electron chi connectivity index (χ3n) is 5.54. The maximum atomic E-state index is 12.7. The van der Waals surface area contributed by atoms with Crippen molar-refractivity contribution in [1.82, 2.24) is 4.90 Å². The Balaban J connectivity index is 1.70. The van der Waals surface area contributed by atoms with E-state index in [4.69, 9.17) is 0 Å². The SMILES string of the molecule is Cc1cc(C(=O)CC2CCCCC2)c(C)cc1N=CN1CCCC1. The van der Waals surface area contributed by atoms with Gasteiger partial charge in [-0.15, -0.1) is 0 Å². The minimum atomic E-state index is 0.317. The van der Waals surface area contributed by atoms with Crippen molar-refractivity contribution in [3.05, 3.63) is 28.8 Å². The summed E-state index contributed by atoms with van der Waals surface area (Å²) >= 11 is 0. The molecule has 1 aliphatic carbocycles. The summed E-state index contributed by atoms with van der Waals surface area (Å²) in [5, 5.41) is 0. The summed E-state index contributed by atoms with van der Waals surface area (Å²) in [5.74, 6) is 0.913. The summed E-state index contributed by atoms with van der Waals surface area (Å²) in [4.78, 5) is 19.6. The normalized spacial score (nSPS) is 19.3. The Morgan fingerprint density at radius 1 is 1.08 bits per heavy atom. The number of ketones is 1. The zero-order chi connectivity index (χ0) is 16.9. The fraction of sp³-hybridized carbons (Fsp3) is 0.619. The van der Waals surface area contributed by atoms with Gasteiger partial charge in [0, 0.05) is 25.1 Å². The minimum Gasteiger partial charge on any atom is -0.363 e. The molecule has 3 nitrogen and oxygen atoms in total. The molecule has 0 spiro atoms. The first kappa shape index (κ1) is 17.2. The summed E-state index contributed by atoms with van der Waals surface area (Å²) < 4.78 is 0. The van der Waals surface area contributed by atoms with Crippen molar-refractivity contribution in [2.45, 2.75) is 65.2 Å². The first-order valence-electron chi connectivity index (χ1n) is 9.56. The van der Waals surface area contributed by atoms with Gasteiger partial charge in [-0.05, 0) is 55.9 Å². The Morgan fingerprint density at radius 3 is 2.50 bits per heavy atom. The fourth-order valence-electron chi connectivity index (χ4n) is 4.00. The molecule has 24 heavy (non-hydrogen) atoms. The highest BCUT2D eigenvalue weighted by Crippen LogP contribution is 2.30. The highest BCUT2D eigenvalue weighted by atomic mass is 16.1. The molecule has 130 valence electrons. The van der Waals surface area contributed by atoms with Crippen LogP contribution in [0.2, 0.25) is 0 Å². The molecule has 1 aromatic carbocycles. The maximum absolute atomic E-state index is 12.7. The number of hydrogen-bond donors (Lipinski definition) is 0. The highest BCUT2D eigenvalue weighted by Gasteiger charge is 2.19. The van der Waals surface area contributed by atoms with Crippen LogP contribution in [-0.4, -0.2) is 30.1 Å². The van der Waals surface area contributed by atoms with Gasteiger partial charge in [-0.2, -0.15) is 0 Å². The second-order valence-corrected chi connectivity index (χ2v) is 7.57. The molecule has 0 bridgehead atoms. The number of aliphatic imine (C=N–C) groups is 1. The zero-order valence-electron chi connectivity index (χ0n) is 15.2. The molecule has 0 amide bonds. The van der Waals surface area contributed by atoms with E-state index in [2.05, 4.69) is 28.9 Å². The van der Waals surface area contributed by atoms with Gasteiger partial charge in [-0.25, -0.2) is 4.99 Å². The summed E-state index contributed by atoms with van der Waals surface area (Å²) in [6.07, 6.45) is 11.6. The smallest absolute Gasteiger partial charge is 0.163 e. The molecule has 2 fully saturated rings. The van der Waals surface area contributed by atoms with Gasteiger partial charge >= 0.3 is 0 Å². The lowest BCUT2D eigenvalue weighted by molar-refractivity contribution is 0.0949. The number of aryl methyl sites for hydroxylation is 2. The largest absolute Gasteiger partial charge is 0.363 e. The fourth-order valence-corrected chi connectivity index (χ4v) is 4.00. The van der Waals surface area contributed by atoms with Crippen molar-refractivity contribution in [3.8, 4) is 0 Å². The van der Waals surface area contributed by atoms with E-state index in [0.717, 1.165) is 41.9 Å². The summed E-state index contributed by atoms with van der Waals surface area (Å²) in [5.41, 5.74) is 4.06. The molecule has 0 N–H and O–H groups in total. The minimum absolute atomic E-state index is 0.317. The van der Waals surface area contributed by atoms with E-state index < -0.39 is 0 Å². The van der Waals surface area contributed by atoms with E-state index in [1.807, 2.05) is 13.3 Å². The number of hydrogen-bond acceptors (Lipinski definition) is 2. The second-order valence-electron chi connectivity index (χ2n) is 7.57. The lowest BCUT2D eigenvalue weighted by Gasteiger charge is -2.21. The quantitative estimate of drug-likeness (QED) is 0.422. The third-order valence-corrected chi connectivity index (χ3v) is 5.54. The monoisotopic (exact) mass is 326 g/mol. The molecule has 3 heteroatoms. The first-order chi connectivity index (χ1) is 11.6. The summed E-state index contributed by atoms with van der Waals surface area (Å²) in [6.45, 7) is 6.33. The van der Waals surface area contributed by atoms with Crippen molar-refractivity contribution < 1.29 is 4.79 Å². The number of nitrogens with zero attached hydrogens (tertiary/aromatic N) is 2. The lowest BCUT2D eigenvalue weighted by atomic mass is 9.84. The van der Waals surface area contributed by atoms with E-state index in [1.165, 1.54) is 44.9 Å². The van der Waals surface area contributed by atoms with Crippen molar-refractivity contribution in [3.63, 3.8) is 0 Å². The van der Waals surface area contributed by atoms with Gasteiger partial charge in [-0.3, -0.25) is 4.79 Å². The molecule has 2 aliphatic rings. The van der Waals surface area contributed by atoms with Gasteiger partial charge in [-0.1, -0.05) is 32.1 Å². The Morgan fingerprint density at radius 2 is 1.79 bits per heavy atom. The topological polar surface area (TPSA) is 32.7 Å². The molecular weight excluding hydrogens is 296 g/mol. The van der Waals surface area contributed by atoms with Crippen LogP contribution in [0.15, 0.2) is 17.1 Å². The van der Waals surface area contributed by atoms with Crippen LogP contribution >= 0.6 is 0 Å². The van der Waals surface area contributed by atoms with Crippen LogP contribution in [0.5, 0.6) is 0 Å². The molecular formula is C21H30N2O. The van der Waals surface area contributed by atoms with E-state index in [-0.39, 0.29) is 0 Å². The third kappa shape index (κ3) is 4.25. The van der Waals surface area contributed by atoms with Gasteiger partial charge in [0.2, 0.25) is 0 Å². The van der Waals surface area contributed by atoms with Gasteiger partial charge < -0.3 is 4.90 Å². The van der Waals surface area contributed by atoms with Crippen LogP contribution in [-0.2, 0) is 0 Å². The first-order valence-corrected chi connectivity index (χ1v) is 9.56. The number of benzene rings is 1. The van der Waals surface area contributed by atoms with Crippen molar-refractivity contribution in [1.29, 1.82) is 0 Å². The molecule has 0 aromatic heterocycles. The standard InChI is InChI=1S/C21H30N2O/c1-16-13-20(22-15-23-10-6-7-11-23)17(2)12-19(16)21(24)14-18-8-4-3-5-9-18/h12-13,15,18H,3-11,14H2,1-2H3. The van der Waals surface area contributed by atoms with Crippen LogP contribution in [0.1, 0.15) is 72.9 Å². The maximum Gasteiger partial charge on any atom is 0.163 e. The Kier molecular flexibility index (Phi) is 5.70. The van der Waals surface area contributed by atoms with Crippen molar-refractivity contribution in [2.24, 2.45) is 10.9 Å². The number of rotatable bonds is 5. The summed E-state index contributed by atoms with van der Waals surface area (Å²) in [7, 11) is 0. The Hall–Kier alpha value is -1.64. The highest BCUT2D eigenvalue weighted by molar-refractivity contribution is 5.98. The summed E-state index contributed by atoms with van der Waals surface area (Å²) in [6, 6.07) is 4.13. The van der Waals surface area contributed by atoms with Gasteiger partial charge in [0.1, 0.15) is 0 Å². The molecule has 1 aliphatic heterocycles. The predicted molar refractivity (Wildman–Crippen MR) is 100 cm³/mol. The Bertz CT molecular complexity index is 609. The van der Waals surface area contributed by atoms with Crippen LogP contribution < -0.4 is 0 Å². The van der Waals surface area contributed by atoms with Crippen LogP contribution in [0.25, 0.3) is 0 Å². The average Bonchev–Trinajstić information content (AvgIpc) is 3.09. The second kappa shape index (κ2) is 7.96. The molecule has 3 rings (SSSR count). The number of Topliss-reactive ketones (excluding diaryl/α,β-unsaturated/α-hetero) is 1. The van der Waals surface area contributed by atoms with E-state index in [0.29, 0.717) is 11.7 Å². The lowest BCUT2D eigenvalue weighted by Crippen LogP contribution is -2.16. The van der Waals surface area contributed by atoms with Crippen LogP contribution in [0.3, 0.4) is 0 Å². The van der Waals surface area contributed by atoms with E-state index >= 15 is 0 Å². The zero-order valence-corrected chi connectivity index (χ0v) is 15.2. The Labute approximate surface area is 146 Å². The molecule has 1 heterocycles. The van der Waals surface area contributed by atoms with Crippen molar-refractivity contribution >= 4 is 17.8 Å². The molecule has 0 unspecified atom stereocenters. The average molecular weight is 326 g/mol. The van der Waals surface area contributed by atoms with E-state index in [9.17, 15) is 4.79 Å². The predicted octanol–water partition coefficient (Wildman–Crippen LogP) is 5.21.